The van der Waals surface area contributed by atoms with Gasteiger partial charge in [0.1, 0.15) is 5.56 Å². The van der Waals surface area contributed by atoms with E-state index in [2.05, 4.69) is 20.8 Å². The predicted octanol–water partition coefficient (Wildman–Crippen LogP) is 2.73. The van der Waals surface area contributed by atoms with Crippen molar-refractivity contribution in [2.75, 3.05) is 5.32 Å². The van der Waals surface area contributed by atoms with Crippen molar-refractivity contribution in [1.29, 1.82) is 0 Å². The summed E-state index contributed by atoms with van der Waals surface area (Å²) in [5.74, 6) is -0.213. The number of anilines is 1. The van der Waals surface area contributed by atoms with E-state index in [4.69, 9.17) is 24.4 Å². The maximum absolute atomic E-state index is 12.0. The van der Waals surface area contributed by atoms with Gasteiger partial charge in [-0.3, -0.25) is 19.8 Å². The summed E-state index contributed by atoms with van der Waals surface area (Å²) in [5.41, 5.74) is 2.91. The van der Waals surface area contributed by atoms with Crippen molar-refractivity contribution < 1.29 is 5.11 Å². The number of hydrogen-bond acceptors (Lipinski definition) is 5. The summed E-state index contributed by atoms with van der Waals surface area (Å²) in [7, 11) is 0. The minimum atomic E-state index is -0.511. The third-order valence-electron chi connectivity index (χ3n) is 3.33. The van der Waals surface area contributed by atoms with Crippen molar-refractivity contribution in [2.24, 2.45) is 5.10 Å². The zero-order chi connectivity index (χ0) is 18.2. The highest BCUT2D eigenvalue weighted by molar-refractivity contribution is 7.80. The Kier molecular flexibility index (Phi) is 6.84. The molecule has 0 fully saturated rings. The van der Waals surface area contributed by atoms with E-state index in [9.17, 15) is 9.90 Å². The van der Waals surface area contributed by atoms with Crippen LogP contribution in [0.15, 0.2) is 40.2 Å². The van der Waals surface area contributed by atoms with Crippen LogP contribution in [0.5, 0.6) is 5.88 Å². The molecule has 4 N–H and O–H groups in total. The normalized spacial score (nSPS) is 10.8. The molecule has 2 rings (SSSR count). The first kappa shape index (κ1) is 18.8. The molecule has 1 aromatic carbocycles. The first-order valence-corrected chi connectivity index (χ1v) is 8.55. The van der Waals surface area contributed by atoms with E-state index in [-0.39, 0.29) is 21.3 Å². The van der Waals surface area contributed by atoms with Gasteiger partial charge in [0.2, 0.25) is 5.88 Å². The van der Waals surface area contributed by atoms with E-state index in [1.54, 1.807) is 0 Å². The van der Waals surface area contributed by atoms with E-state index in [1.165, 1.54) is 10.8 Å². The second-order valence-electron chi connectivity index (χ2n) is 5.19. The SMILES string of the molecule is CCCCn1c(O)c(C=NNC(=S)Nc2ccccc2)c(=O)[nH]c1=S. The Balaban J connectivity index is 2.11. The summed E-state index contributed by atoms with van der Waals surface area (Å²) >= 11 is 10.2. The number of thiocarbonyl (C=S) groups is 1. The van der Waals surface area contributed by atoms with E-state index in [1.807, 2.05) is 37.3 Å². The number of para-hydroxylation sites is 1. The average Bonchev–Trinajstić information content (AvgIpc) is 2.58. The van der Waals surface area contributed by atoms with Crippen LogP contribution in [0, 0.1) is 4.77 Å². The smallest absolute Gasteiger partial charge is 0.264 e. The minimum absolute atomic E-state index is 0.0136. The van der Waals surface area contributed by atoms with E-state index >= 15 is 0 Å². The quantitative estimate of drug-likeness (QED) is 0.351. The molecule has 0 saturated heterocycles. The van der Waals surface area contributed by atoms with Crippen LogP contribution >= 0.6 is 24.4 Å². The highest BCUT2D eigenvalue weighted by atomic mass is 32.1. The van der Waals surface area contributed by atoms with Crippen molar-refractivity contribution in [1.82, 2.24) is 15.0 Å². The van der Waals surface area contributed by atoms with E-state index in [0.29, 0.717) is 6.54 Å². The largest absolute Gasteiger partial charge is 0.494 e. The predicted molar refractivity (Wildman–Crippen MR) is 106 cm³/mol. The number of aromatic nitrogens is 2. The Hall–Kier alpha value is -2.52. The fourth-order valence-corrected chi connectivity index (χ4v) is 2.49. The molecule has 25 heavy (non-hydrogen) atoms. The molecular formula is C16H19N5O2S2. The van der Waals surface area contributed by atoms with Crippen LogP contribution in [0.1, 0.15) is 25.3 Å². The number of benzene rings is 1. The average molecular weight is 377 g/mol. The van der Waals surface area contributed by atoms with Crippen LogP contribution in [-0.4, -0.2) is 26.0 Å². The topological polar surface area (TPSA) is 94.4 Å². The molecule has 7 nitrogen and oxygen atoms in total. The van der Waals surface area contributed by atoms with Crippen LogP contribution in [0.2, 0.25) is 0 Å². The van der Waals surface area contributed by atoms with Crippen molar-refractivity contribution in [3.63, 3.8) is 0 Å². The van der Waals surface area contributed by atoms with E-state index < -0.39 is 5.56 Å². The number of H-pyrrole nitrogens is 1. The van der Waals surface area contributed by atoms with Crippen LogP contribution in [-0.2, 0) is 6.54 Å². The zero-order valence-electron chi connectivity index (χ0n) is 13.7. The fourth-order valence-electron chi connectivity index (χ4n) is 2.05. The molecule has 2 aromatic rings. The minimum Gasteiger partial charge on any atom is -0.494 e. The maximum atomic E-state index is 12.0. The van der Waals surface area contributed by atoms with Gasteiger partial charge in [-0.25, -0.2) is 0 Å². The lowest BCUT2D eigenvalue weighted by atomic mass is 10.3. The Bertz CT molecular complexity index is 874. The Morgan fingerprint density at radius 3 is 2.80 bits per heavy atom. The van der Waals surface area contributed by atoms with Crippen LogP contribution < -0.4 is 16.3 Å². The van der Waals surface area contributed by atoms with E-state index in [0.717, 1.165) is 18.5 Å². The number of aromatic hydroxyl groups is 1. The number of hydrazone groups is 1. The van der Waals surface area contributed by atoms with Gasteiger partial charge in [-0.1, -0.05) is 31.5 Å². The molecule has 9 heteroatoms. The third-order valence-corrected chi connectivity index (χ3v) is 3.85. The lowest BCUT2D eigenvalue weighted by Gasteiger charge is -2.10. The molecule has 0 radical (unpaired) electrons. The van der Waals surface area contributed by atoms with Gasteiger partial charge in [-0.2, -0.15) is 5.10 Å². The van der Waals surface area contributed by atoms with Gasteiger partial charge < -0.3 is 10.4 Å². The fraction of sp³-hybridized carbons (Fsp3) is 0.250. The summed E-state index contributed by atoms with van der Waals surface area (Å²) in [5, 5.41) is 17.4. The van der Waals surface area contributed by atoms with Crippen LogP contribution in [0.3, 0.4) is 0 Å². The Labute approximate surface area is 155 Å². The zero-order valence-corrected chi connectivity index (χ0v) is 15.3. The van der Waals surface area contributed by atoms with Crippen LogP contribution in [0.4, 0.5) is 5.69 Å². The number of unbranched alkanes of at least 4 members (excludes halogenated alkanes) is 1. The van der Waals surface area contributed by atoms with Crippen molar-refractivity contribution in [3.8, 4) is 5.88 Å². The molecule has 0 aliphatic heterocycles. The van der Waals surface area contributed by atoms with Gasteiger partial charge in [0, 0.05) is 12.2 Å². The van der Waals surface area contributed by atoms with Gasteiger partial charge in [0.05, 0.1) is 6.21 Å². The molecule has 0 bridgehead atoms. The molecular weight excluding hydrogens is 358 g/mol. The first-order chi connectivity index (χ1) is 12.0. The van der Waals surface area contributed by atoms with Gasteiger partial charge >= 0.3 is 0 Å². The summed E-state index contributed by atoms with van der Waals surface area (Å²) < 4.78 is 1.66. The molecule has 1 aromatic heterocycles. The highest BCUT2D eigenvalue weighted by Gasteiger charge is 2.10. The highest BCUT2D eigenvalue weighted by Crippen LogP contribution is 2.12. The first-order valence-electron chi connectivity index (χ1n) is 7.74. The second-order valence-corrected chi connectivity index (χ2v) is 5.99. The summed E-state index contributed by atoms with van der Waals surface area (Å²) in [6, 6.07) is 9.35. The van der Waals surface area contributed by atoms with Crippen molar-refractivity contribution in [3.05, 3.63) is 51.0 Å². The van der Waals surface area contributed by atoms with Gasteiger partial charge in [-0.15, -0.1) is 0 Å². The number of nitrogens with one attached hydrogen (secondary N) is 3. The molecule has 0 aliphatic carbocycles. The molecule has 1 heterocycles. The Morgan fingerprint density at radius 2 is 2.12 bits per heavy atom. The van der Waals surface area contributed by atoms with Crippen LogP contribution in [0.25, 0.3) is 0 Å². The number of hydrogen-bond donors (Lipinski definition) is 4. The standard InChI is InChI=1S/C16H19N5O2S2/c1-2-3-9-21-14(23)12(13(22)19-16(21)25)10-17-20-15(24)18-11-7-5-4-6-8-11/h4-8,10,23H,2-3,9H2,1H3,(H2,18,20,24)(H,19,22,25). The monoisotopic (exact) mass is 377 g/mol. The molecule has 132 valence electrons. The van der Waals surface area contributed by atoms with Crippen molar-refractivity contribution in [2.45, 2.75) is 26.3 Å². The summed E-state index contributed by atoms with van der Waals surface area (Å²) in [6.45, 7) is 2.54. The molecule has 0 aliphatic rings. The number of rotatable bonds is 6. The molecule has 0 unspecified atom stereocenters. The second kappa shape index (κ2) is 9.09. The molecule has 0 atom stereocenters. The van der Waals surface area contributed by atoms with Gasteiger partial charge in [0.15, 0.2) is 9.88 Å². The summed E-state index contributed by atoms with van der Waals surface area (Å²) in [6.07, 6.45) is 2.98. The lowest BCUT2D eigenvalue weighted by molar-refractivity contribution is 0.398. The lowest BCUT2D eigenvalue weighted by Crippen LogP contribution is -2.25. The number of aromatic amines is 1. The molecule has 0 saturated carbocycles. The summed E-state index contributed by atoms with van der Waals surface area (Å²) in [4.78, 5) is 14.5. The maximum Gasteiger partial charge on any atom is 0.264 e. The van der Waals surface area contributed by atoms with Crippen molar-refractivity contribution >= 4 is 41.5 Å². The Morgan fingerprint density at radius 1 is 1.40 bits per heavy atom. The van der Waals surface area contributed by atoms with Gasteiger partial charge in [0.25, 0.3) is 5.56 Å². The third kappa shape index (κ3) is 5.23. The molecule has 0 spiro atoms. The molecule has 0 amide bonds. The number of nitrogens with zero attached hydrogens (tertiary/aromatic N) is 2. The van der Waals surface area contributed by atoms with Gasteiger partial charge in [-0.05, 0) is 43.0 Å².